The lowest BCUT2D eigenvalue weighted by Crippen LogP contribution is -2.43. The molecule has 0 spiro atoms. The number of hydrogen-bond acceptors (Lipinski definition) is 3. The Morgan fingerprint density at radius 3 is 2.09 bits per heavy atom. The first kappa shape index (κ1) is 24.7. The van der Waals surface area contributed by atoms with E-state index in [4.69, 9.17) is 4.74 Å². The molecule has 0 saturated carbocycles. The third-order valence-corrected chi connectivity index (χ3v) is 6.53. The molecule has 0 radical (unpaired) electrons. The molecular formula is C30H34N2O3. The monoisotopic (exact) mass is 470 g/mol. The highest BCUT2D eigenvalue weighted by molar-refractivity contribution is 5.80. The van der Waals surface area contributed by atoms with Gasteiger partial charge in [-0.1, -0.05) is 84.9 Å². The number of benzene rings is 3. The number of carbonyl (C=O) groups excluding carboxylic acids is 2. The molecule has 5 nitrogen and oxygen atoms in total. The molecule has 1 saturated heterocycles. The van der Waals surface area contributed by atoms with Crippen molar-refractivity contribution in [1.29, 1.82) is 0 Å². The van der Waals surface area contributed by atoms with Crippen molar-refractivity contribution in [1.82, 2.24) is 10.2 Å². The fourth-order valence-electron chi connectivity index (χ4n) is 4.47. The molecule has 4 rings (SSSR count). The first-order valence-corrected chi connectivity index (χ1v) is 12.5. The van der Waals surface area contributed by atoms with E-state index < -0.39 is 0 Å². The Labute approximate surface area is 208 Å². The van der Waals surface area contributed by atoms with Gasteiger partial charge in [0, 0.05) is 32.0 Å². The Kier molecular flexibility index (Phi) is 9.07. The summed E-state index contributed by atoms with van der Waals surface area (Å²) < 4.78 is 5.83. The van der Waals surface area contributed by atoms with Crippen molar-refractivity contribution in [2.45, 2.75) is 45.4 Å². The Morgan fingerprint density at radius 2 is 1.37 bits per heavy atom. The summed E-state index contributed by atoms with van der Waals surface area (Å²) in [6.07, 6.45) is 2.72. The number of rotatable bonds is 10. The van der Waals surface area contributed by atoms with Crippen LogP contribution in [0.15, 0.2) is 84.9 Å². The van der Waals surface area contributed by atoms with Gasteiger partial charge in [-0.15, -0.1) is 0 Å². The van der Waals surface area contributed by atoms with Crippen LogP contribution in [-0.2, 0) is 40.5 Å². The number of piperidine rings is 1. The first-order chi connectivity index (χ1) is 17.2. The highest BCUT2D eigenvalue weighted by atomic mass is 16.5. The normalized spacial score (nSPS) is 14.0. The predicted octanol–water partition coefficient (Wildman–Crippen LogP) is 4.89. The van der Waals surface area contributed by atoms with Gasteiger partial charge in [-0.3, -0.25) is 9.59 Å². The van der Waals surface area contributed by atoms with E-state index in [0.29, 0.717) is 39.3 Å². The number of nitrogens with one attached hydrogen (secondary N) is 1. The van der Waals surface area contributed by atoms with E-state index in [1.165, 1.54) is 5.56 Å². The van der Waals surface area contributed by atoms with E-state index in [1.807, 2.05) is 59.5 Å². The minimum Gasteiger partial charge on any atom is -0.372 e. The van der Waals surface area contributed by atoms with Gasteiger partial charge in [0.15, 0.2) is 0 Å². The second kappa shape index (κ2) is 12.9. The summed E-state index contributed by atoms with van der Waals surface area (Å²) in [5.41, 5.74) is 4.49. The molecule has 0 unspecified atom stereocenters. The number of amides is 2. The quantitative estimate of drug-likeness (QED) is 0.459. The van der Waals surface area contributed by atoms with Gasteiger partial charge >= 0.3 is 0 Å². The third kappa shape index (κ3) is 7.79. The number of likely N-dealkylation sites (tertiary alicyclic amines) is 1. The molecule has 0 bridgehead atoms. The van der Waals surface area contributed by atoms with Gasteiger partial charge in [-0.25, -0.2) is 0 Å². The van der Waals surface area contributed by atoms with Crippen molar-refractivity contribution in [2.24, 2.45) is 5.92 Å². The van der Waals surface area contributed by atoms with Gasteiger partial charge in [0.1, 0.15) is 0 Å². The van der Waals surface area contributed by atoms with E-state index in [9.17, 15) is 9.59 Å². The molecule has 1 heterocycles. The van der Waals surface area contributed by atoms with E-state index in [-0.39, 0.29) is 17.7 Å². The largest absolute Gasteiger partial charge is 0.372 e. The minimum absolute atomic E-state index is 0.0365. The lowest BCUT2D eigenvalue weighted by molar-refractivity contribution is -0.135. The van der Waals surface area contributed by atoms with Crippen molar-refractivity contribution in [3.63, 3.8) is 0 Å². The van der Waals surface area contributed by atoms with Gasteiger partial charge in [0.2, 0.25) is 11.8 Å². The van der Waals surface area contributed by atoms with Crippen molar-refractivity contribution in [3.05, 3.63) is 107 Å². The summed E-state index contributed by atoms with van der Waals surface area (Å²) in [4.78, 5) is 27.2. The van der Waals surface area contributed by atoms with Gasteiger partial charge in [-0.05, 0) is 41.5 Å². The molecule has 1 fully saturated rings. The van der Waals surface area contributed by atoms with Crippen LogP contribution in [-0.4, -0.2) is 29.8 Å². The zero-order valence-electron chi connectivity index (χ0n) is 20.2. The molecule has 3 aromatic carbocycles. The van der Waals surface area contributed by atoms with Crippen LogP contribution in [0.5, 0.6) is 0 Å². The molecule has 5 heteroatoms. The molecule has 3 aromatic rings. The molecule has 1 aliphatic heterocycles. The lowest BCUT2D eigenvalue weighted by Gasteiger charge is -2.31. The Hall–Kier alpha value is -3.44. The summed E-state index contributed by atoms with van der Waals surface area (Å²) in [5.74, 6) is 0.219. The maximum Gasteiger partial charge on any atom is 0.223 e. The van der Waals surface area contributed by atoms with Crippen LogP contribution >= 0.6 is 0 Å². The average Bonchev–Trinajstić information content (AvgIpc) is 2.92. The van der Waals surface area contributed by atoms with Crippen molar-refractivity contribution < 1.29 is 14.3 Å². The number of carbonyl (C=O) groups is 2. The van der Waals surface area contributed by atoms with E-state index in [1.54, 1.807) is 0 Å². The maximum absolute atomic E-state index is 12.7. The van der Waals surface area contributed by atoms with E-state index >= 15 is 0 Å². The van der Waals surface area contributed by atoms with Crippen LogP contribution in [0.2, 0.25) is 0 Å². The van der Waals surface area contributed by atoms with E-state index in [2.05, 4.69) is 35.6 Å². The zero-order chi connectivity index (χ0) is 24.3. The van der Waals surface area contributed by atoms with Crippen molar-refractivity contribution in [2.75, 3.05) is 13.1 Å². The number of ether oxygens (including phenoxy) is 1. The predicted molar refractivity (Wildman–Crippen MR) is 137 cm³/mol. The molecule has 35 heavy (non-hydrogen) atoms. The Bertz CT molecular complexity index is 1080. The van der Waals surface area contributed by atoms with E-state index in [0.717, 1.165) is 36.0 Å². The second-order valence-electron chi connectivity index (χ2n) is 9.16. The van der Waals surface area contributed by atoms with Gasteiger partial charge < -0.3 is 15.0 Å². The molecule has 0 aromatic heterocycles. The second-order valence-corrected chi connectivity index (χ2v) is 9.16. The molecule has 2 amide bonds. The average molecular weight is 471 g/mol. The van der Waals surface area contributed by atoms with Crippen molar-refractivity contribution in [3.8, 4) is 0 Å². The molecule has 0 aliphatic carbocycles. The number of nitrogens with zero attached hydrogens (tertiary/aromatic N) is 1. The SMILES string of the molecule is O=C(NCc1cccc(COCc2ccccc2)c1)C1CCN(C(=O)CCc2ccccc2)CC1. The first-order valence-electron chi connectivity index (χ1n) is 12.5. The summed E-state index contributed by atoms with van der Waals surface area (Å²) in [5, 5.41) is 3.09. The van der Waals surface area contributed by atoms with Gasteiger partial charge in [0.05, 0.1) is 13.2 Å². The summed E-state index contributed by atoms with van der Waals surface area (Å²) in [6.45, 7) is 2.92. The highest BCUT2D eigenvalue weighted by Gasteiger charge is 2.27. The number of aryl methyl sites for hydroxylation is 1. The Balaban J connectivity index is 1.16. The summed E-state index contributed by atoms with van der Waals surface area (Å²) in [6, 6.07) is 28.4. The van der Waals surface area contributed by atoms with Crippen molar-refractivity contribution >= 4 is 11.8 Å². The van der Waals surface area contributed by atoms with Crippen LogP contribution in [0.25, 0.3) is 0 Å². The smallest absolute Gasteiger partial charge is 0.223 e. The molecule has 1 N–H and O–H groups in total. The fourth-order valence-corrected chi connectivity index (χ4v) is 4.47. The molecule has 1 aliphatic rings. The lowest BCUT2D eigenvalue weighted by atomic mass is 9.95. The maximum atomic E-state index is 12.7. The third-order valence-electron chi connectivity index (χ3n) is 6.53. The summed E-state index contributed by atoms with van der Waals surface area (Å²) in [7, 11) is 0. The Morgan fingerprint density at radius 1 is 0.771 bits per heavy atom. The van der Waals surface area contributed by atoms with Gasteiger partial charge in [-0.2, -0.15) is 0 Å². The molecule has 182 valence electrons. The highest BCUT2D eigenvalue weighted by Crippen LogP contribution is 2.19. The zero-order valence-corrected chi connectivity index (χ0v) is 20.2. The fraction of sp³-hybridized carbons (Fsp3) is 0.333. The van der Waals surface area contributed by atoms with Crippen LogP contribution in [0, 0.1) is 5.92 Å². The molecule has 0 atom stereocenters. The van der Waals surface area contributed by atoms with Crippen LogP contribution in [0.1, 0.15) is 41.5 Å². The summed E-state index contributed by atoms with van der Waals surface area (Å²) >= 11 is 0. The minimum atomic E-state index is -0.0365. The standard InChI is InChI=1S/C30H34N2O3/c33-29(15-14-24-8-3-1-4-9-24)32-18-16-28(17-19-32)30(34)31-21-26-12-7-13-27(20-26)23-35-22-25-10-5-2-6-11-25/h1-13,20,28H,14-19,21-23H2,(H,31,34). The van der Waals surface area contributed by atoms with Crippen LogP contribution in [0.4, 0.5) is 0 Å². The van der Waals surface area contributed by atoms with Crippen LogP contribution < -0.4 is 5.32 Å². The van der Waals surface area contributed by atoms with Gasteiger partial charge in [0.25, 0.3) is 0 Å². The number of hydrogen-bond donors (Lipinski definition) is 1. The topological polar surface area (TPSA) is 58.6 Å². The molecular weight excluding hydrogens is 436 g/mol. The van der Waals surface area contributed by atoms with Crippen LogP contribution in [0.3, 0.4) is 0 Å².